The van der Waals surface area contributed by atoms with E-state index in [1.54, 1.807) is 25.1 Å². The quantitative estimate of drug-likeness (QED) is 0.640. The van der Waals surface area contributed by atoms with Crippen molar-refractivity contribution in [2.24, 2.45) is 0 Å². The van der Waals surface area contributed by atoms with Gasteiger partial charge in [-0.25, -0.2) is 0 Å². The number of ether oxygens (including phenoxy) is 1. The lowest BCUT2D eigenvalue weighted by Gasteiger charge is -2.18. The van der Waals surface area contributed by atoms with Gasteiger partial charge in [0.2, 0.25) is 0 Å². The van der Waals surface area contributed by atoms with Gasteiger partial charge < -0.3 is 14.2 Å². The second-order valence-corrected chi connectivity index (χ2v) is 6.45. The Labute approximate surface area is 115 Å². The maximum Gasteiger partial charge on any atom is 0.360 e. The SMILES string of the molecule is CCC(C)OP(=O)(O)c1cccc(OC)c1I. The predicted octanol–water partition coefficient (Wildman–Crippen LogP) is 2.93. The van der Waals surface area contributed by atoms with E-state index in [4.69, 9.17) is 9.26 Å². The van der Waals surface area contributed by atoms with E-state index in [-0.39, 0.29) is 11.4 Å². The van der Waals surface area contributed by atoms with Crippen molar-refractivity contribution < 1.29 is 18.7 Å². The van der Waals surface area contributed by atoms with Crippen molar-refractivity contribution in [3.05, 3.63) is 21.8 Å². The van der Waals surface area contributed by atoms with Gasteiger partial charge in [-0.2, -0.15) is 0 Å². The number of halogens is 1. The molecule has 0 bridgehead atoms. The summed E-state index contributed by atoms with van der Waals surface area (Å²) in [4.78, 5) is 9.96. The van der Waals surface area contributed by atoms with E-state index in [0.29, 0.717) is 15.7 Å². The van der Waals surface area contributed by atoms with Gasteiger partial charge in [0.1, 0.15) is 5.75 Å². The van der Waals surface area contributed by atoms with Crippen LogP contribution < -0.4 is 10.0 Å². The third-order valence-corrected chi connectivity index (χ3v) is 5.53. The van der Waals surface area contributed by atoms with Crippen LogP contribution in [0, 0.1) is 3.57 Å². The molecular formula is C11H16IO4P. The van der Waals surface area contributed by atoms with Gasteiger partial charge in [-0.1, -0.05) is 13.0 Å². The summed E-state index contributed by atoms with van der Waals surface area (Å²) in [7, 11) is -2.26. The van der Waals surface area contributed by atoms with E-state index < -0.39 is 7.60 Å². The van der Waals surface area contributed by atoms with Gasteiger partial charge in [0.25, 0.3) is 0 Å². The van der Waals surface area contributed by atoms with Crippen molar-refractivity contribution in [2.75, 3.05) is 7.11 Å². The van der Waals surface area contributed by atoms with Crippen LogP contribution in [0.15, 0.2) is 18.2 Å². The molecule has 17 heavy (non-hydrogen) atoms. The van der Waals surface area contributed by atoms with Crippen molar-refractivity contribution in [3.8, 4) is 5.75 Å². The Hall–Kier alpha value is -0.100. The molecule has 0 aliphatic heterocycles. The van der Waals surface area contributed by atoms with Crippen LogP contribution in [0.4, 0.5) is 0 Å². The van der Waals surface area contributed by atoms with E-state index in [1.165, 1.54) is 7.11 Å². The molecular weight excluding hydrogens is 354 g/mol. The zero-order valence-electron chi connectivity index (χ0n) is 10.0. The summed E-state index contributed by atoms with van der Waals surface area (Å²) in [5, 5.41) is 0.290. The molecule has 1 aromatic carbocycles. The summed E-state index contributed by atoms with van der Waals surface area (Å²) >= 11 is 1.99. The van der Waals surface area contributed by atoms with Crippen LogP contribution in [0.5, 0.6) is 5.75 Å². The molecule has 1 rings (SSSR count). The Morgan fingerprint density at radius 1 is 1.53 bits per heavy atom. The fourth-order valence-corrected chi connectivity index (χ4v) is 4.13. The van der Waals surface area contributed by atoms with Gasteiger partial charge >= 0.3 is 7.60 Å². The molecule has 1 N–H and O–H groups in total. The van der Waals surface area contributed by atoms with Gasteiger partial charge in [0, 0.05) is 0 Å². The Morgan fingerprint density at radius 3 is 2.71 bits per heavy atom. The van der Waals surface area contributed by atoms with Crippen LogP contribution in [0.1, 0.15) is 20.3 Å². The van der Waals surface area contributed by atoms with E-state index >= 15 is 0 Å². The number of rotatable bonds is 5. The molecule has 0 heterocycles. The fraction of sp³-hybridized carbons (Fsp3) is 0.455. The molecule has 2 unspecified atom stereocenters. The first-order valence-electron chi connectivity index (χ1n) is 5.26. The van der Waals surface area contributed by atoms with Crippen molar-refractivity contribution in [1.82, 2.24) is 0 Å². The Bertz CT molecular complexity index is 435. The van der Waals surface area contributed by atoms with Crippen LogP contribution in [0.25, 0.3) is 0 Å². The van der Waals surface area contributed by atoms with Crippen LogP contribution in [-0.4, -0.2) is 18.1 Å². The van der Waals surface area contributed by atoms with Crippen LogP contribution in [0.2, 0.25) is 0 Å². The van der Waals surface area contributed by atoms with Crippen LogP contribution in [0.3, 0.4) is 0 Å². The summed E-state index contributed by atoms with van der Waals surface area (Å²) in [6, 6.07) is 5.02. The zero-order chi connectivity index (χ0) is 13.1. The van der Waals surface area contributed by atoms with Gasteiger partial charge in [-0.05, 0) is 48.1 Å². The fourth-order valence-electron chi connectivity index (χ4n) is 1.25. The topological polar surface area (TPSA) is 55.8 Å². The molecule has 1 aromatic rings. The smallest absolute Gasteiger partial charge is 0.360 e. The molecule has 0 aliphatic carbocycles. The maximum absolute atomic E-state index is 12.1. The summed E-state index contributed by atoms with van der Waals surface area (Å²) in [5.74, 6) is 0.574. The molecule has 0 saturated carbocycles. The number of methoxy groups -OCH3 is 1. The second-order valence-electron chi connectivity index (χ2n) is 3.64. The highest BCUT2D eigenvalue weighted by Crippen LogP contribution is 2.45. The molecule has 96 valence electrons. The van der Waals surface area contributed by atoms with Crippen molar-refractivity contribution in [1.29, 1.82) is 0 Å². The van der Waals surface area contributed by atoms with E-state index in [9.17, 15) is 9.46 Å². The normalized spacial score (nSPS) is 16.3. The Morgan fingerprint density at radius 2 is 2.18 bits per heavy atom. The minimum Gasteiger partial charge on any atom is -0.496 e. The average molecular weight is 370 g/mol. The molecule has 2 atom stereocenters. The number of hydrogen-bond acceptors (Lipinski definition) is 3. The third kappa shape index (κ3) is 3.68. The van der Waals surface area contributed by atoms with Crippen LogP contribution in [-0.2, 0) is 9.09 Å². The van der Waals surface area contributed by atoms with Crippen molar-refractivity contribution in [2.45, 2.75) is 26.4 Å². The molecule has 0 saturated heterocycles. The molecule has 0 aromatic heterocycles. The molecule has 0 radical (unpaired) electrons. The lowest BCUT2D eigenvalue weighted by Crippen LogP contribution is -2.16. The monoisotopic (exact) mass is 370 g/mol. The number of benzene rings is 1. The minimum absolute atomic E-state index is 0.257. The third-order valence-electron chi connectivity index (χ3n) is 2.36. The predicted molar refractivity (Wildman–Crippen MR) is 76.0 cm³/mol. The Kier molecular flexibility index (Phi) is 5.44. The van der Waals surface area contributed by atoms with Gasteiger partial charge in [-0.15, -0.1) is 0 Å². The van der Waals surface area contributed by atoms with E-state index in [2.05, 4.69) is 0 Å². The molecule has 4 nitrogen and oxygen atoms in total. The van der Waals surface area contributed by atoms with Crippen molar-refractivity contribution in [3.63, 3.8) is 0 Å². The zero-order valence-corrected chi connectivity index (χ0v) is 13.1. The summed E-state index contributed by atoms with van der Waals surface area (Å²) < 4.78 is 23.1. The summed E-state index contributed by atoms with van der Waals surface area (Å²) in [5.41, 5.74) is 0. The minimum atomic E-state index is -3.78. The van der Waals surface area contributed by atoms with E-state index in [0.717, 1.165) is 0 Å². The maximum atomic E-state index is 12.1. The Balaban J connectivity index is 3.10. The van der Waals surface area contributed by atoms with E-state index in [1.807, 2.05) is 29.5 Å². The van der Waals surface area contributed by atoms with Gasteiger partial charge in [0.15, 0.2) is 0 Å². The first kappa shape index (κ1) is 15.0. The summed E-state index contributed by atoms with van der Waals surface area (Å²) in [6.07, 6.45) is 0.429. The number of hydrogen-bond donors (Lipinski definition) is 1. The summed E-state index contributed by atoms with van der Waals surface area (Å²) in [6.45, 7) is 3.68. The highest BCUT2D eigenvalue weighted by Gasteiger charge is 2.28. The lowest BCUT2D eigenvalue weighted by molar-refractivity contribution is 0.192. The highest BCUT2D eigenvalue weighted by molar-refractivity contribution is 14.1. The largest absolute Gasteiger partial charge is 0.496 e. The molecule has 0 aliphatic rings. The molecule has 0 spiro atoms. The second kappa shape index (κ2) is 6.18. The molecule has 0 fully saturated rings. The standard InChI is InChI=1S/C11H16IO4P/c1-4-8(2)16-17(13,14)10-7-5-6-9(15-3)11(10)12/h5-8H,4H2,1-3H3,(H,13,14). The van der Waals surface area contributed by atoms with Crippen molar-refractivity contribution >= 4 is 35.5 Å². The first-order chi connectivity index (χ1) is 7.92. The van der Waals surface area contributed by atoms with Gasteiger partial charge in [-0.3, -0.25) is 4.57 Å². The highest BCUT2D eigenvalue weighted by atomic mass is 127. The van der Waals surface area contributed by atoms with Crippen LogP contribution >= 0.6 is 30.2 Å². The van der Waals surface area contributed by atoms with Gasteiger partial charge in [0.05, 0.1) is 22.1 Å². The lowest BCUT2D eigenvalue weighted by atomic mass is 10.3. The average Bonchev–Trinajstić information content (AvgIpc) is 2.28. The first-order valence-corrected chi connectivity index (χ1v) is 7.92. The molecule has 0 amide bonds. The molecule has 6 heteroatoms.